The molecule has 1 aromatic rings. The predicted octanol–water partition coefficient (Wildman–Crippen LogP) is 2.80. The highest BCUT2D eigenvalue weighted by Gasteiger charge is 2.09. The summed E-state index contributed by atoms with van der Waals surface area (Å²) in [6.45, 7) is 4.10. The molecule has 0 bridgehead atoms. The van der Waals surface area contributed by atoms with Crippen LogP contribution in [0.1, 0.15) is 18.4 Å². The van der Waals surface area contributed by atoms with E-state index in [1.54, 1.807) is 0 Å². The number of hydrogen-bond donors (Lipinski definition) is 2. The summed E-state index contributed by atoms with van der Waals surface area (Å²) in [6.07, 6.45) is 2.30. The highest BCUT2D eigenvalue weighted by atomic mass is 35.5. The third kappa shape index (κ3) is 8.82. The maximum absolute atomic E-state index is 11.6. The molecule has 4 nitrogen and oxygen atoms in total. The minimum Gasteiger partial charge on any atom is -0.330 e. The molecule has 0 aliphatic carbocycles. The average Bonchev–Trinajstić information content (AvgIpc) is 2.53. The summed E-state index contributed by atoms with van der Waals surface area (Å²) in [7, 11) is 0. The maximum atomic E-state index is 11.6. The van der Waals surface area contributed by atoms with Crippen LogP contribution in [0.4, 0.5) is 5.69 Å². The fraction of sp³-hybridized carbons (Fsp3) is 0.562. The van der Waals surface area contributed by atoms with Crippen LogP contribution >= 0.6 is 36.6 Å². The molecular weight excluding hydrogens is 353 g/mol. The molecule has 1 heterocycles. The van der Waals surface area contributed by atoms with E-state index in [0.29, 0.717) is 13.0 Å². The lowest BCUT2D eigenvalue weighted by Crippen LogP contribution is -2.34. The molecule has 0 atom stereocenters. The molecule has 0 saturated carbocycles. The van der Waals surface area contributed by atoms with Gasteiger partial charge in [-0.25, -0.2) is 0 Å². The predicted molar refractivity (Wildman–Crippen MR) is 105 cm³/mol. The lowest BCUT2D eigenvalue weighted by atomic mass is 10.1. The van der Waals surface area contributed by atoms with Crippen LogP contribution in [0.15, 0.2) is 24.3 Å². The highest BCUT2D eigenvalue weighted by Crippen LogP contribution is 2.13. The molecule has 0 spiro atoms. The highest BCUT2D eigenvalue weighted by molar-refractivity contribution is 7.99. The molecule has 1 aliphatic heterocycles. The van der Waals surface area contributed by atoms with E-state index in [1.807, 2.05) is 23.9 Å². The zero-order chi connectivity index (χ0) is 14.9. The number of carbonyl (C=O) groups is 1. The average molecular weight is 380 g/mol. The molecule has 1 aromatic carbocycles. The van der Waals surface area contributed by atoms with Crippen LogP contribution in [0.25, 0.3) is 0 Å². The van der Waals surface area contributed by atoms with Gasteiger partial charge in [0.15, 0.2) is 0 Å². The Labute approximate surface area is 155 Å². The van der Waals surface area contributed by atoms with Crippen LogP contribution in [0.2, 0.25) is 0 Å². The van der Waals surface area contributed by atoms with Crippen LogP contribution in [0, 0.1) is 0 Å². The van der Waals surface area contributed by atoms with Gasteiger partial charge in [-0.3, -0.25) is 4.79 Å². The summed E-state index contributed by atoms with van der Waals surface area (Å²) in [5, 5.41) is 2.90. The van der Waals surface area contributed by atoms with Crippen LogP contribution in [-0.4, -0.2) is 48.5 Å². The van der Waals surface area contributed by atoms with Crippen molar-refractivity contribution in [3.8, 4) is 0 Å². The Bertz CT molecular complexity index is 439. The summed E-state index contributed by atoms with van der Waals surface area (Å²) in [5.41, 5.74) is 7.60. The number of thioether (sulfide) groups is 1. The van der Waals surface area contributed by atoms with E-state index in [0.717, 1.165) is 25.1 Å². The number of nitrogens with zero attached hydrogens (tertiary/aromatic N) is 1. The summed E-state index contributed by atoms with van der Waals surface area (Å²) < 4.78 is 0. The maximum Gasteiger partial charge on any atom is 0.224 e. The molecule has 2 rings (SSSR count). The summed E-state index contributed by atoms with van der Waals surface area (Å²) in [4.78, 5) is 14.1. The minimum absolute atomic E-state index is 0. The molecule has 1 aliphatic rings. The summed E-state index contributed by atoms with van der Waals surface area (Å²) in [5.74, 6) is 2.56. The van der Waals surface area contributed by atoms with E-state index in [1.165, 1.54) is 30.2 Å². The molecule has 0 unspecified atom stereocenters. The van der Waals surface area contributed by atoms with Crippen molar-refractivity contribution in [3.63, 3.8) is 0 Å². The van der Waals surface area contributed by atoms with Gasteiger partial charge in [0.2, 0.25) is 5.91 Å². The molecule has 1 fully saturated rings. The van der Waals surface area contributed by atoms with Crippen molar-refractivity contribution >= 4 is 48.2 Å². The first-order valence-electron chi connectivity index (χ1n) is 7.67. The lowest BCUT2D eigenvalue weighted by molar-refractivity contribution is -0.116. The second-order valence-electron chi connectivity index (χ2n) is 5.34. The molecule has 7 heteroatoms. The largest absolute Gasteiger partial charge is 0.330 e. The Morgan fingerprint density at radius 3 is 2.43 bits per heavy atom. The molecule has 1 saturated heterocycles. The van der Waals surface area contributed by atoms with Crippen molar-refractivity contribution < 1.29 is 4.79 Å². The number of anilines is 1. The topological polar surface area (TPSA) is 58.4 Å². The van der Waals surface area contributed by atoms with Crippen molar-refractivity contribution in [2.24, 2.45) is 5.73 Å². The van der Waals surface area contributed by atoms with Gasteiger partial charge in [0.1, 0.15) is 0 Å². The van der Waals surface area contributed by atoms with Gasteiger partial charge in [-0.2, -0.15) is 11.8 Å². The fourth-order valence-electron chi connectivity index (χ4n) is 2.35. The molecular formula is C16H27Cl2N3OS. The third-order valence-electron chi connectivity index (χ3n) is 3.67. The van der Waals surface area contributed by atoms with Gasteiger partial charge in [-0.05, 0) is 37.1 Å². The standard InChI is InChI=1S/C16H25N3OS.2ClH/c17-8-1-2-16(20)18-15-5-3-14(4-6-15)7-9-19-10-12-21-13-11-19;;/h3-6H,1-2,7-13,17H2,(H,18,20);2*1H. The quantitative estimate of drug-likeness (QED) is 0.764. The van der Waals surface area contributed by atoms with Gasteiger partial charge in [-0.15, -0.1) is 24.8 Å². The minimum atomic E-state index is 0. The van der Waals surface area contributed by atoms with Crippen molar-refractivity contribution in [1.29, 1.82) is 0 Å². The number of amides is 1. The Morgan fingerprint density at radius 1 is 1.17 bits per heavy atom. The zero-order valence-electron chi connectivity index (χ0n) is 13.3. The van der Waals surface area contributed by atoms with E-state index in [-0.39, 0.29) is 30.7 Å². The number of rotatable bonds is 7. The summed E-state index contributed by atoms with van der Waals surface area (Å²) in [6, 6.07) is 8.19. The van der Waals surface area contributed by atoms with Crippen LogP contribution in [-0.2, 0) is 11.2 Å². The van der Waals surface area contributed by atoms with Crippen molar-refractivity contribution in [1.82, 2.24) is 4.90 Å². The zero-order valence-corrected chi connectivity index (χ0v) is 15.8. The van der Waals surface area contributed by atoms with Crippen LogP contribution < -0.4 is 11.1 Å². The number of carbonyl (C=O) groups excluding carboxylic acids is 1. The van der Waals surface area contributed by atoms with Gasteiger partial charge in [0.05, 0.1) is 0 Å². The SMILES string of the molecule is Cl.Cl.NCCCC(=O)Nc1ccc(CCN2CCSCC2)cc1. The number of benzene rings is 1. The van der Waals surface area contributed by atoms with Crippen molar-refractivity contribution in [2.45, 2.75) is 19.3 Å². The van der Waals surface area contributed by atoms with Gasteiger partial charge in [-0.1, -0.05) is 12.1 Å². The lowest BCUT2D eigenvalue weighted by Gasteiger charge is -2.26. The first-order chi connectivity index (χ1) is 10.3. The van der Waals surface area contributed by atoms with Gasteiger partial charge in [0.25, 0.3) is 0 Å². The molecule has 0 radical (unpaired) electrons. The Balaban J connectivity index is 0.00000242. The van der Waals surface area contributed by atoms with E-state index < -0.39 is 0 Å². The molecule has 132 valence electrons. The normalized spacial score (nSPS) is 14.5. The Hall–Kier alpha value is -0.460. The summed E-state index contributed by atoms with van der Waals surface area (Å²) >= 11 is 2.04. The van der Waals surface area contributed by atoms with Gasteiger partial charge < -0.3 is 16.0 Å². The second-order valence-corrected chi connectivity index (χ2v) is 6.57. The molecule has 0 aromatic heterocycles. The smallest absolute Gasteiger partial charge is 0.224 e. The van der Waals surface area contributed by atoms with Crippen LogP contribution in [0.3, 0.4) is 0 Å². The second kappa shape index (κ2) is 12.9. The first kappa shape index (κ1) is 22.5. The van der Waals surface area contributed by atoms with Crippen LogP contribution in [0.5, 0.6) is 0 Å². The number of hydrogen-bond acceptors (Lipinski definition) is 4. The first-order valence-corrected chi connectivity index (χ1v) is 8.82. The number of halogens is 2. The van der Waals surface area contributed by atoms with Gasteiger partial charge >= 0.3 is 0 Å². The van der Waals surface area contributed by atoms with Gasteiger partial charge in [0, 0.05) is 43.2 Å². The monoisotopic (exact) mass is 379 g/mol. The van der Waals surface area contributed by atoms with E-state index in [4.69, 9.17) is 5.73 Å². The van der Waals surface area contributed by atoms with Crippen molar-refractivity contribution in [3.05, 3.63) is 29.8 Å². The van der Waals surface area contributed by atoms with Crippen molar-refractivity contribution in [2.75, 3.05) is 43.0 Å². The Morgan fingerprint density at radius 2 is 1.83 bits per heavy atom. The number of nitrogens with one attached hydrogen (secondary N) is 1. The van der Waals surface area contributed by atoms with E-state index in [2.05, 4.69) is 22.3 Å². The molecule has 23 heavy (non-hydrogen) atoms. The fourth-order valence-corrected chi connectivity index (χ4v) is 3.33. The van der Waals surface area contributed by atoms with E-state index >= 15 is 0 Å². The third-order valence-corrected chi connectivity index (χ3v) is 4.61. The Kier molecular flexibility index (Phi) is 12.6. The number of nitrogens with two attached hydrogens (primary N) is 1. The molecule has 1 amide bonds. The molecule has 3 N–H and O–H groups in total. The van der Waals surface area contributed by atoms with E-state index in [9.17, 15) is 4.79 Å².